The number of rotatable bonds is 7. The molecule has 28 heavy (non-hydrogen) atoms. The van der Waals surface area contributed by atoms with Crippen LogP contribution in [0.3, 0.4) is 0 Å². The molecule has 0 aromatic heterocycles. The van der Waals surface area contributed by atoms with E-state index in [2.05, 4.69) is 10.3 Å². The van der Waals surface area contributed by atoms with E-state index in [-0.39, 0.29) is 0 Å². The van der Waals surface area contributed by atoms with Crippen LogP contribution in [0.5, 0.6) is 0 Å². The lowest BCUT2D eigenvalue weighted by molar-refractivity contribution is -0.211. The molecular weight excluding hydrogens is 390 g/mol. The van der Waals surface area contributed by atoms with Gasteiger partial charge in [-0.3, -0.25) is 0 Å². The SMILES string of the molecule is CNOC1=C(O)C(O)[C@H](OC2=C(O)C(O)[C@@H](OC)C(C(=O)O)O2)C(C(=O)O)O1. The van der Waals surface area contributed by atoms with Crippen molar-refractivity contribution in [1.29, 1.82) is 0 Å². The van der Waals surface area contributed by atoms with Crippen LogP contribution in [0.2, 0.25) is 0 Å². The summed E-state index contributed by atoms with van der Waals surface area (Å²) in [5.74, 6) is -6.93. The normalized spacial score (nSPS) is 33.0. The van der Waals surface area contributed by atoms with Crippen molar-refractivity contribution in [3.63, 3.8) is 0 Å². The second-order valence-corrected chi connectivity index (χ2v) is 5.58. The van der Waals surface area contributed by atoms with Gasteiger partial charge in [0.2, 0.25) is 23.7 Å². The van der Waals surface area contributed by atoms with Crippen LogP contribution in [0.1, 0.15) is 0 Å². The number of hydrogen-bond donors (Lipinski definition) is 7. The maximum Gasteiger partial charge on any atom is 0.349 e. The Labute approximate surface area is 156 Å². The van der Waals surface area contributed by atoms with Crippen LogP contribution in [0.25, 0.3) is 0 Å². The molecule has 4 unspecified atom stereocenters. The molecule has 0 amide bonds. The molecule has 0 saturated heterocycles. The molecule has 14 heteroatoms. The molecule has 6 atom stereocenters. The third kappa shape index (κ3) is 3.84. The van der Waals surface area contributed by atoms with Gasteiger partial charge in [-0.2, -0.15) is 5.48 Å². The fourth-order valence-electron chi connectivity index (χ4n) is 2.51. The number of carboxylic acid groups (broad SMARTS) is 2. The van der Waals surface area contributed by atoms with Crippen molar-refractivity contribution in [3.05, 3.63) is 23.4 Å². The zero-order chi connectivity index (χ0) is 21.2. The molecule has 158 valence electrons. The topological polar surface area (TPSA) is 214 Å². The van der Waals surface area contributed by atoms with Gasteiger partial charge in [0.25, 0.3) is 0 Å². The third-order valence-electron chi connectivity index (χ3n) is 3.86. The predicted molar refractivity (Wildman–Crippen MR) is 82.2 cm³/mol. The minimum Gasteiger partial charge on any atom is -0.504 e. The molecule has 0 aromatic rings. The van der Waals surface area contributed by atoms with Gasteiger partial charge in [0.15, 0.2) is 12.2 Å². The fourth-order valence-corrected chi connectivity index (χ4v) is 2.51. The van der Waals surface area contributed by atoms with Gasteiger partial charge in [0.1, 0.15) is 12.2 Å². The average Bonchev–Trinajstić information content (AvgIpc) is 2.64. The summed E-state index contributed by atoms with van der Waals surface area (Å²) in [6, 6.07) is 0. The van der Waals surface area contributed by atoms with Gasteiger partial charge < -0.3 is 54.4 Å². The van der Waals surface area contributed by atoms with Crippen molar-refractivity contribution in [2.45, 2.75) is 36.6 Å². The van der Waals surface area contributed by atoms with Gasteiger partial charge in [-0.15, -0.1) is 0 Å². The van der Waals surface area contributed by atoms with Crippen molar-refractivity contribution in [2.75, 3.05) is 14.2 Å². The lowest BCUT2D eigenvalue weighted by Gasteiger charge is -2.37. The molecule has 0 saturated carbocycles. The Morgan fingerprint density at radius 1 is 0.929 bits per heavy atom. The van der Waals surface area contributed by atoms with E-state index in [4.69, 9.17) is 18.9 Å². The minimum absolute atomic E-state index is 0.743. The van der Waals surface area contributed by atoms with Crippen molar-refractivity contribution >= 4 is 11.9 Å². The van der Waals surface area contributed by atoms with Crippen molar-refractivity contribution in [2.24, 2.45) is 0 Å². The number of carbonyl (C=O) groups is 2. The highest BCUT2D eigenvalue weighted by atomic mass is 16.8. The quantitative estimate of drug-likeness (QED) is 0.220. The Hall–Kier alpha value is -2.94. The Balaban J connectivity index is 2.37. The number of aliphatic hydroxyl groups excluding tert-OH is 4. The number of hydroxylamine groups is 1. The number of aliphatic hydroxyl groups is 4. The van der Waals surface area contributed by atoms with Gasteiger partial charge in [0, 0.05) is 14.2 Å². The van der Waals surface area contributed by atoms with Crippen LogP contribution in [-0.4, -0.2) is 93.4 Å². The second-order valence-electron chi connectivity index (χ2n) is 5.58. The van der Waals surface area contributed by atoms with Crippen molar-refractivity contribution in [3.8, 4) is 0 Å². The van der Waals surface area contributed by atoms with Crippen LogP contribution < -0.4 is 5.48 Å². The van der Waals surface area contributed by atoms with Gasteiger partial charge in [-0.05, 0) is 0 Å². The Bertz CT molecular complexity index is 689. The van der Waals surface area contributed by atoms with E-state index in [0.717, 1.165) is 7.11 Å². The van der Waals surface area contributed by atoms with E-state index in [1.165, 1.54) is 7.05 Å². The summed E-state index contributed by atoms with van der Waals surface area (Å²) in [6.07, 6.45) is -11.2. The lowest BCUT2D eigenvalue weighted by atomic mass is 10.0. The molecule has 0 aliphatic carbocycles. The molecule has 2 aliphatic rings. The maximum atomic E-state index is 11.4. The zero-order valence-corrected chi connectivity index (χ0v) is 14.5. The second kappa shape index (κ2) is 8.39. The lowest BCUT2D eigenvalue weighted by Crippen LogP contribution is -2.53. The number of ether oxygens (including phenoxy) is 4. The van der Waals surface area contributed by atoms with Crippen molar-refractivity contribution < 1.29 is 64.0 Å². The van der Waals surface area contributed by atoms with Crippen molar-refractivity contribution in [1.82, 2.24) is 5.48 Å². The summed E-state index contributed by atoms with van der Waals surface area (Å²) in [7, 11) is 2.34. The van der Waals surface area contributed by atoms with Gasteiger partial charge >= 0.3 is 23.8 Å². The molecule has 0 spiro atoms. The van der Waals surface area contributed by atoms with E-state index >= 15 is 0 Å². The molecule has 2 rings (SSSR count). The number of aliphatic carboxylic acids is 2. The summed E-state index contributed by atoms with van der Waals surface area (Å²) in [6.45, 7) is 0. The zero-order valence-electron chi connectivity index (χ0n) is 14.5. The number of carboxylic acids is 2. The van der Waals surface area contributed by atoms with E-state index < -0.39 is 72.0 Å². The van der Waals surface area contributed by atoms with Gasteiger partial charge in [-0.25, -0.2) is 9.59 Å². The first-order valence-corrected chi connectivity index (χ1v) is 7.68. The summed E-state index contributed by atoms with van der Waals surface area (Å²) in [4.78, 5) is 27.4. The highest BCUT2D eigenvalue weighted by Crippen LogP contribution is 2.32. The fraction of sp³-hybridized carbons (Fsp3) is 0.571. The maximum absolute atomic E-state index is 11.4. The summed E-state index contributed by atoms with van der Waals surface area (Å²) in [5.41, 5.74) is 2.11. The van der Waals surface area contributed by atoms with Crippen LogP contribution >= 0.6 is 0 Å². The highest BCUT2D eigenvalue weighted by Gasteiger charge is 2.50. The van der Waals surface area contributed by atoms with E-state index in [1.54, 1.807) is 0 Å². The Morgan fingerprint density at radius 3 is 1.89 bits per heavy atom. The first-order chi connectivity index (χ1) is 13.1. The molecule has 0 aromatic carbocycles. The summed E-state index contributed by atoms with van der Waals surface area (Å²) in [5, 5.41) is 58.5. The molecule has 14 nitrogen and oxygen atoms in total. The molecule has 2 aliphatic heterocycles. The Kier molecular flexibility index (Phi) is 6.40. The van der Waals surface area contributed by atoms with E-state index in [0.29, 0.717) is 0 Å². The third-order valence-corrected chi connectivity index (χ3v) is 3.86. The summed E-state index contributed by atoms with van der Waals surface area (Å²) < 4.78 is 19.7. The first kappa shape index (κ1) is 21.4. The van der Waals surface area contributed by atoms with Gasteiger partial charge in [0.05, 0.1) is 0 Å². The molecule has 0 radical (unpaired) electrons. The Morgan fingerprint density at radius 2 is 1.39 bits per heavy atom. The minimum atomic E-state index is -2.04. The number of hydrogen-bond acceptors (Lipinski definition) is 12. The number of methoxy groups -OCH3 is 1. The van der Waals surface area contributed by atoms with Crippen LogP contribution in [0, 0.1) is 0 Å². The van der Waals surface area contributed by atoms with E-state index in [1.807, 2.05) is 0 Å². The molecule has 2 heterocycles. The highest BCUT2D eigenvalue weighted by molar-refractivity contribution is 5.74. The van der Waals surface area contributed by atoms with Crippen LogP contribution in [-0.2, 0) is 33.4 Å². The number of nitrogens with one attached hydrogen (secondary N) is 1. The van der Waals surface area contributed by atoms with Crippen LogP contribution in [0.4, 0.5) is 0 Å². The monoisotopic (exact) mass is 409 g/mol. The smallest absolute Gasteiger partial charge is 0.349 e. The first-order valence-electron chi connectivity index (χ1n) is 7.68. The summed E-state index contributed by atoms with van der Waals surface area (Å²) >= 11 is 0. The molecule has 7 N–H and O–H groups in total. The molecule has 0 fully saturated rings. The molecular formula is C14H19NO13. The van der Waals surface area contributed by atoms with E-state index in [9.17, 15) is 40.2 Å². The largest absolute Gasteiger partial charge is 0.504 e. The molecule has 0 bridgehead atoms. The standard InChI is InChI=1S/C14H19NO13/c1-15-28-14-6(19)4(17)8(10(27-14)12(22)23)25-13-5(18)3(16)7(24-2)9(26-13)11(20)21/h3-4,7-10,15-19H,1-2H3,(H,20,21)(H,22,23)/t3?,4?,7-,8+,9?,10?/m1/s1. The van der Waals surface area contributed by atoms with Gasteiger partial charge in [-0.1, -0.05) is 0 Å². The van der Waals surface area contributed by atoms with Crippen LogP contribution in [0.15, 0.2) is 23.4 Å². The predicted octanol–water partition coefficient (Wildman–Crippen LogP) is -2.32. The average molecular weight is 409 g/mol.